The lowest BCUT2D eigenvalue weighted by atomic mass is 9.65. The van der Waals surface area contributed by atoms with Crippen LogP contribution in [0.4, 0.5) is 5.69 Å². The molecule has 39 heavy (non-hydrogen) atoms. The number of likely N-dealkylation sites (tertiary alicyclic amines) is 1. The highest BCUT2D eigenvalue weighted by molar-refractivity contribution is 8.02. The van der Waals surface area contributed by atoms with Crippen LogP contribution in [0.25, 0.3) is 0 Å². The van der Waals surface area contributed by atoms with Crippen molar-refractivity contribution in [2.24, 2.45) is 17.8 Å². The molecule has 3 aliphatic rings. The standard InChI is InChI=1S/C30H41N3O5S/c1-7-14-31(15-8-2)27(35)24-23-17-19(4)30(39-23)25(24)28(36)33(20(5)18-34)26(30)29(37)32(16-9-3)21-10-12-22(38-6)13-11-21/h7,9-13,19-20,23-26,34H,1,3,8,14-18H2,2,4-6H3/t19?,20-,23-,24+,25+,26?,30?/m1/s1. The topological polar surface area (TPSA) is 90.4 Å². The molecule has 2 bridgehead atoms. The molecule has 0 saturated carbocycles. The Morgan fingerprint density at radius 1 is 1.23 bits per heavy atom. The average Bonchev–Trinajstić information content (AvgIpc) is 3.54. The van der Waals surface area contributed by atoms with Crippen LogP contribution in [-0.2, 0) is 14.4 Å². The van der Waals surface area contributed by atoms with Gasteiger partial charge in [-0.05, 0) is 49.9 Å². The Kier molecular flexibility index (Phi) is 8.81. The van der Waals surface area contributed by atoms with Crippen molar-refractivity contribution in [1.82, 2.24) is 9.80 Å². The van der Waals surface area contributed by atoms with Crippen molar-refractivity contribution in [2.45, 2.75) is 55.7 Å². The maximum absolute atomic E-state index is 14.6. The predicted molar refractivity (Wildman–Crippen MR) is 155 cm³/mol. The third-order valence-corrected chi connectivity index (χ3v) is 10.6. The molecule has 3 unspecified atom stereocenters. The molecule has 3 amide bonds. The fraction of sp³-hybridized carbons (Fsp3) is 0.567. The molecule has 0 aromatic heterocycles. The van der Waals surface area contributed by atoms with Crippen LogP contribution in [0.3, 0.4) is 0 Å². The van der Waals surface area contributed by atoms with E-state index in [-0.39, 0.29) is 42.0 Å². The molecule has 4 rings (SSSR count). The second kappa shape index (κ2) is 11.8. The van der Waals surface area contributed by atoms with Gasteiger partial charge in [-0.1, -0.05) is 26.0 Å². The number of benzene rings is 1. The van der Waals surface area contributed by atoms with Gasteiger partial charge in [-0.2, -0.15) is 0 Å². The van der Waals surface area contributed by atoms with Crippen molar-refractivity contribution >= 4 is 35.2 Å². The van der Waals surface area contributed by atoms with Crippen molar-refractivity contribution in [3.05, 3.63) is 49.6 Å². The monoisotopic (exact) mass is 555 g/mol. The Balaban J connectivity index is 1.80. The Labute approximate surface area is 236 Å². The summed E-state index contributed by atoms with van der Waals surface area (Å²) in [5.74, 6) is -0.896. The summed E-state index contributed by atoms with van der Waals surface area (Å²) in [6.07, 6.45) is 4.95. The number of methoxy groups -OCH3 is 1. The van der Waals surface area contributed by atoms with Crippen LogP contribution >= 0.6 is 11.8 Å². The van der Waals surface area contributed by atoms with Crippen LogP contribution in [-0.4, -0.2) is 88.1 Å². The van der Waals surface area contributed by atoms with Gasteiger partial charge in [0.1, 0.15) is 11.8 Å². The predicted octanol–water partition coefficient (Wildman–Crippen LogP) is 3.36. The molecule has 3 aliphatic heterocycles. The summed E-state index contributed by atoms with van der Waals surface area (Å²) in [5.41, 5.74) is 0.669. The minimum absolute atomic E-state index is 0.0378. The lowest BCUT2D eigenvalue weighted by molar-refractivity contribution is -0.145. The van der Waals surface area contributed by atoms with Crippen LogP contribution in [0.15, 0.2) is 49.6 Å². The molecule has 7 atom stereocenters. The third-order valence-electron chi connectivity index (χ3n) is 8.56. The number of anilines is 1. The Hall–Kier alpha value is -2.78. The summed E-state index contributed by atoms with van der Waals surface area (Å²) in [6, 6.07) is 5.83. The minimum atomic E-state index is -0.818. The molecular weight excluding hydrogens is 514 g/mol. The van der Waals surface area contributed by atoms with E-state index in [1.165, 1.54) is 0 Å². The fourth-order valence-electron chi connectivity index (χ4n) is 6.87. The van der Waals surface area contributed by atoms with Gasteiger partial charge in [0.25, 0.3) is 5.91 Å². The number of hydrogen-bond donors (Lipinski definition) is 1. The Bertz CT molecular complexity index is 1110. The molecular formula is C30H41N3O5S. The van der Waals surface area contributed by atoms with Crippen LogP contribution in [0.1, 0.15) is 33.6 Å². The fourth-order valence-corrected chi connectivity index (χ4v) is 9.27. The molecule has 9 heteroatoms. The maximum atomic E-state index is 14.6. The van der Waals surface area contributed by atoms with E-state index in [1.807, 2.05) is 19.1 Å². The first-order valence-electron chi connectivity index (χ1n) is 13.8. The SMILES string of the molecule is C=CCN(CCC)C(=O)[C@@H]1[C@H]2C(=O)N([C@H](C)CO)C(C(=O)N(CC=C)c3ccc(OC)cc3)C23S[C@@H]1CC3C. The number of aliphatic hydroxyl groups excluding tert-OH is 1. The normalized spacial score (nSPS) is 29.6. The highest BCUT2D eigenvalue weighted by Crippen LogP contribution is 2.69. The van der Waals surface area contributed by atoms with Gasteiger partial charge in [0, 0.05) is 30.6 Å². The lowest BCUT2D eigenvalue weighted by Gasteiger charge is -2.41. The molecule has 212 valence electrons. The van der Waals surface area contributed by atoms with Crippen molar-refractivity contribution in [3.8, 4) is 5.75 Å². The summed E-state index contributed by atoms with van der Waals surface area (Å²) in [7, 11) is 1.59. The quantitative estimate of drug-likeness (QED) is 0.398. The molecule has 3 saturated heterocycles. The van der Waals surface area contributed by atoms with Gasteiger partial charge in [-0.3, -0.25) is 14.4 Å². The summed E-state index contributed by atoms with van der Waals surface area (Å²) >= 11 is 1.65. The van der Waals surface area contributed by atoms with Crippen molar-refractivity contribution in [1.29, 1.82) is 0 Å². The van der Waals surface area contributed by atoms with E-state index in [1.54, 1.807) is 64.8 Å². The zero-order valence-electron chi connectivity index (χ0n) is 23.4. The van der Waals surface area contributed by atoms with E-state index in [0.29, 0.717) is 24.5 Å². The maximum Gasteiger partial charge on any atom is 0.251 e. The minimum Gasteiger partial charge on any atom is -0.497 e. The summed E-state index contributed by atoms with van der Waals surface area (Å²) in [4.78, 5) is 47.9. The van der Waals surface area contributed by atoms with Gasteiger partial charge < -0.3 is 24.5 Å². The molecule has 8 nitrogen and oxygen atoms in total. The van der Waals surface area contributed by atoms with E-state index >= 15 is 0 Å². The highest BCUT2D eigenvalue weighted by Gasteiger charge is 2.76. The molecule has 0 aliphatic carbocycles. The average molecular weight is 556 g/mol. The largest absolute Gasteiger partial charge is 0.497 e. The molecule has 1 aromatic carbocycles. The smallest absolute Gasteiger partial charge is 0.251 e. The molecule has 1 spiro atoms. The highest BCUT2D eigenvalue weighted by atomic mass is 32.2. The molecule has 3 heterocycles. The van der Waals surface area contributed by atoms with Gasteiger partial charge in [0.05, 0.1) is 36.3 Å². The van der Waals surface area contributed by atoms with E-state index in [9.17, 15) is 19.5 Å². The van der Waals surface area contributed by atoms with Crippen molar-refractivity contribution in [2.75, 3.05) is 38.3 Å². The van der Waals surface area contributed by atoms with Crippen LogP contribution in [0.2, 0.25) is 0 Å². The van der Waals surface area contributed by atoms with Crippen LogP contribution < -0.4 is 9.64 Å². The van der Waals surface area contributed by atoms with Crippen molar-refractivity contribution in [3.63, 3.8) is 0 Å². The second-order valence-electron chi connectivity index (χ2n) is 10.8. The summed E-state index contributed by atoms with van der Waals surface area (Å²) in [5, 5.41) is 10.1. The molecule has 0 radical (unpaired) electrons. The lowest BCUT2D eigenvalue weighted by Crippen LogP contribution is -2.59. The van der Waals surface area contributed by atoms with Crippen LogP contribution in [0, 0.1) is 17.8 Å². The summed E-state index contributed by atoms with van der Waals surface area (Å²) < 4.78 is 4.53. The second-order valence-corrected chi connectivity index (χ2v) is 12.4. The first-order valence-corrected chi connectivity index (χ1v) is 14.7. The van der Waals surface area contributed by atoms with E-state index in [4.69, 9.17) is 4.74 Å². The molecule has 3 fully saturated rings. The van der Waals surface area contributed by atoms with E-state index < -0.39 is 28.7 Å². The number of aliphatic hydroxyl groups is 1. The Morgan fingerprint density at radius 3 is 2.46 bits per heavy atom. The number of rotatable bonds is 12. The number of carbonyl (C=O) groups excluding carboxylic acids is 3. The van der Waals surface area contributed by atoms with Gasteiger partial charge in [0.2, 0.25) is 11.8 Å². The molecule has 1 aromatic rings. The summed E-state index contributed by atoms with van der Waals surface area (Å²) in [6.45, 7) is 14.6. The first-order chi connectivity index (χ1) is 18.7. The Morgan fingerprint density at radius 2 is 1.90 bits per heavy atom. The van der Waals surface area contributed by atoms with Gasteiger partial charge in [-0.25, -0.2) is 0 Å². The van der Waals surface area contributed by atoms with Crippen molar-refractivity contribution < 1.29 is 24.2 Å². The number of carbonyl (C=O) groups is 3. The zero-order chi connectivity index (χ0) is 28.5. The van der Waals surface area contributed by atoms with E-state index in [0.717, 1.165) is 12.8 Å². The third kappa shape index (κ3) is 4.67. The number of thioether (sulfide) groups is 1. The zero-order valence-corrected chi connectivity index (χ0v) is 24.2. The number of amides is 3. The number of ether oxygens (including phenoxy) is 1. The number of fused-ring (bicyclic) bond motifs is 1. The number of nitrogens with zero attached hydrogens (tertiary/aromatic N) is 3. The first kappa shape index (κ1) is 29.2. The van der Waals surface area contributed by atoms with Gasteiger partial charge >= 0.3 is 0 Å². The van der Waals surface area contributed by atoms with E-state index in [2.05, 4.69) is 20.1 Å². The molecule has 1 N–H and O–H groups in total. The van der Waals surface area contributed by atoms with Gasteiger partial charge in [-0.15, -0.1) is 24.9 Å². The van der Waals surface area contributed by atoms with Gasteiger partial charge in [0.15, 0.2) is 0 Å². The van der Waals surface area contributed by atoms with Crippen LogP contribution in [0.5, 0.6) is 5.75 Å². The number of hydrogen-bond acceptors (Lipinski definition) is 6.